The van der Waals surface area contributed by atoms with Gasteiger partial charge in [-0.25, -0.2) is 8.42 Å². The van der Waals surface area contributed by atoms with Crippen LogP contribution in [0.25, 0.3) is 0 Å². The quantitative estimate of drug-likeness (QED) is 0.322. The molecule has 1 atom stereocenters. The number of ether oxygens (including phenoxy) is 1. The lowest BCUT2D eigenvalue weighted by atomic mass is 10.1. The largest absolute Gasteiger partial charge is 0.454 e. The Bertz CT molecular complexity index is 984. The van der Waals surface area contributed by atoms with Crippen LogP contribution in [-0.2, 0) is 24.3 Å². The molecule has 1 N–H and O–H groups in total. The molecule has 0 spiro atoms. The average Bonchev–Trinajstić information content (AvgIpc) is 2.83. The fourth-order valence-electron chi connectivity index (χ4n) is 3.45. The first-order valence-electron chi connectivity index (χ1n) is 10.7. The number of hydrogen-bond donors (Lipinski definition) is 1. The van der Waals surface area contributed by atoms with Gasteiger partial charge in [0.15, 0.2) is 6.61 Å². The fraction of sp³-hybridized carbons (Fsp3) is 0.391. The Morgan fingerprint density at radius 3 is 2.44 bits per heavy atom. The molecule has 0 aromatic heterocycles. The number of benzene rings is 2. The van der Waals surface area contributed by atoms with E-state index in [0.717, 1.165) is 18.6 Å². The average molecular weight is 477 g/mol. The van der Waals surface area contributed by atoms with Crippen LogP contribution in [0.4, 0.5) is 0 Å². The van der Waals surface area contributed by atoms with Crippen LogP contribution in [0, 0.1) is 0 Å². The first kappa shape index (κ1) is 24.3. The van der Waals surface area contributed by atoms with Gasteiger partial charge in [0.1, 0.15) is 6.04 Å². The SMILES string of the molecule is O=C(COC(=O)C1CCCCN1S(=O)(=O)c1ccccc1)NCCCSc1ccccc1. The highest BCUT2D eigenvalue weighted by Gasteiger charge is 2.38. The molecule has 7 nitrogen and oxygen atoms in total. The number of amides is 1. The van der Waals surface area contributed by atoms with Crippen molar-refractivity contribution in [3.63, 3.8) is 0 Å². The number of nitrogens with one attached hydrogen (secondary N) is 1. The number of piperidine rings is 1. The lowest BCUT2D eigenvalue weighted by Gasteiger charge is -2.32. The van der Waals surface area contributed by atoms with E-state index in [0.29, 0.717) is 19.4 Å². The van der Waals surface area contributed by atoms with Gasteiger partial charge < -0.3 is 10.1 Å². The summed E-state index contributed by atoms with van der Waals surface area (Å²) in [7, 11) is -3.81. The molecule has 1 heterocycles. The first-order chi connectivity index (χ1) is 15.5. The predicted molar refractivity (Wildman–Crippen MR) is 124 cm³/mol. The van der Waals surface area contributed by atoms with Gasteiger partial charge in [0.25, 0.3) is 5.91 Å². The van der Waals surface area contributed by atoms with Crippen LogP contribution in [0.3, 0.4) is 0 Å². The minimum Gasteiger partial charge on any atom is -0.454 e. The predicted octanol–water partition coefficient (Wildman–Crippen LogP) is 3.07. The highest BCUT2D eigenvalue weighted by Crippen LogP contribution is 2.26. The summed E-state index contributed by atoms with van der Waals surface area (Å²) in [6, 6.07) is 17.1. The van der Waals surface area contributed by atoms with Gasteiger partial charge in [0.05, 0.1) is 4.90 Å². The van der Waals surface area contributed by atoms with Crippen molar-refractivity contribution >= 4 is 33.7 Å². The van der Waals surface area contributed by atoms with Crippen LogP contribution in [0.5, 0.6) is 0 Å². The number of carbonyl (C=O) groups is 2. The van der Waals surface area contributed by atoms with Gasteiger partial charge in [-0.2, -0.15) is 4.31 Å². The summed E-state index contributed by atoms with van der Waals surface area (Å²) in [6.07, 6.45) is 2.57. The molecule has 1 fully saturated rings. The summed E-state index contributed by atoms with van der Waals surface area (Å²) in [4.78, 5) is 26.0. The maximum absolute atomic E-state index is 13.0. The van der Waals surface area contributed by atoms with Crippen LogP contribution in [0.15, 0.2) is 70.5 Å². The monoisotopic (exact) mass is 476 g/mol. The van der Waals surface area contributed by atoms with E-state index in [9.17, 15) is 18.0 Å². The van der Waals surface area contributed by atoms with Gasteiger partial charge in [-0.1, -0.05) is 36.4 Å². The highest BCUT2D eigenvalue weighted by molar-refractivity contribution is 7.99. The minimum absolute atomic E-state index is 0.144. The maximum Gasteiger partial charge on any atom is 0.324 e. The van der Waals surface area contributed by atoms with E-state index in [1.54, 1.807) is 30.0 Å². The van der Waals surface area contributed by atoms with Crippen LogP contribution in [0.1, 0.15) is 25.7 Å². The third-order valence-corrected chi connectivity index (χ3v) is 8.10. The maximum atomic E-state index is 13.0. The van der Waals surface area contributed by atoms with Crippen molar-refractivity contribution in [1.29, 1.82) is 0 Å². The van der Waals surface area contributed by atoms with Crippen molar-refractivity contribution < 1.29 is 22.7 Å². The standard InChI is InChI=1S/C23H28N2O5S2/c26-22(24-15-9-17-31-19-10-3-1-4-11-19)18-30-23(27)21-14-7-8-16-25(21)32(28,29)20-12-5-2-6-13-20/h1-6,10-13,21H,7-9,14-18H2,(H,24,26). The topological polar surface area (TPSA) is 92.8 Å². The molecule has 2 aromatic rings. The second kappa shape index (κ2) is 12.0. The van der Waals surface area contributed by atoms with Crippen LogP contribution < -0.4 is 5.32 Å². The molecule has 1 aliphatic rings. The Morgan fingerprint density at radius 1 is 1.03 bits per heavy atom. The summed E-state index contributed by atoms with van der Waals surface area (Å²) < 4.78 is 32.3. The molecule has 32 heavy (non-hydrogen) atoms. The zero-order valence-electron chi connectivity index (χ0n) is 17.8. The molecule has 172 valence electrons. The molecule has 0 aliphatic carbocycles. The summed E-state index contributed by atoms with van der Waals surface area (Å²) >= 11 is 1.71. The fourth-order valence-corrected chi connectivity index (χ4v) is 5.99. The smallest absolute Gasteiger partial charge is 0.324 e. The van der Waals surface area contributed by atoms with E-state index in [4.69, 9.17) is 4.74 Å². The van der Waals surface area contributed by atoms with Crippen LogP contribution in [-0.4, -0.2) is 56.1 Å². The third kappa shape index (κ3) is 6.82. The summed E-state index contributed by atoms with van der Waals surface area (Å²) in [5.41, 5.74) is 0. The van der Waals surface area contributed by atoms with Crippen molar-refractivity contribution in [2.24, 2.45) is 0 Å². The third-order valence-electron chi connectivity index (χ3n) is 5.08. The van der Waals surface area contributed by atoms with E-state index in [1.165, 1.54) is 21.3 Å². The Morgan fingerprint density at radius 2 is 1.72 bits per heavy atom. The number of hydrogen-bond acceptors (Lipinski definition) is 6. The number of sulfonamides is 1. The van der Waals surface area contributed by atoms with Gasteiger partial charge in [-0.3, -0.25) is 9.59 Å². The van der Waals surface area contributed by atoms with Crippen LogP contribution >= 0.6 is 11.8 Å². The zero-order valence-corrected chi connectivity index (χ0v) is 19.4. The van der Waals surface area contributed by atoms with E-state index in [2.05, 4.69) is 5.32 Å². The summed E-state index contributed by atoms with van der Waals surface area (Å²) in [5, 5.41) is 2.73. The van der Waals surface area contributed by atoms with E-state index in [-0.39, 0.29) is 11.4 Å². The molecule has 3 rings (SSSR count). The van der Waals surface area contributed by atoms with Crippen LogP contribution in [0.2, 0.25) is 0 Å². The van der Waals surface area contributed by atoms with Gasteiger partial charge in [0.2, 0.25) is 10.0 Å². The number of rotatable bonds is 10. The zero-order chi connectivity index (χ0) is 22.8. The second-order valence-corrected chi connectivity index (χ2v) is 10.5. The summed E-state index contributed by atoms with van der Waals surface area (Å²) in [5.74, 6) is -0.214. The van der Waals surface area contributed by atoms with E-state index in [1.807, 2.05) is 30.3 Å². The molecule has 9 heteroatoms. The molecule has 0 bridgehead atoms. The molecule has 0 radical (unpaired) electrons. The van der Waals surface area contributed by atoms with Crippen molar-refractivity contribution in [3.05, 3.63) is 60.7 Å². The lowest BCUT2D eigenvalue weighted by molar-refractivity contribution is -0.153. The van der Waals surface area contributed by atoms with Gasteiger partial charge in [0, 0.05) is 18.0 Å². The molecule has 0 saturated carbocycles. The molecule has 1 unspecified atom stereocenters. The van der Waals surface area contributed by atoms with Gasteiger partial charge in [-0.05, 0) is 55.7 Å². The number of nitrogens with zero attached hydrogens (tertiary/aromatic N) is 1. The van der Waals surface area contributed by atoms with E-state index >= 15 is 0 Å². The van der Waals surface area contributed by atoms with Crippen molar-refractivity contribution in [2.75, 3.05) is 25.4 Å². The Balaban J connectivity index is 1.44. The molecule has 1 aliphatic heterocycles. The highest BCUT2D eigenvalue weighted by atomic mass is 32.2. The summed E-state index contributed by atoms with van der Waals surface area (Å²) in [6.45, 7) is 0.316. The van der Waals surface area contributed by atoms with E-state index < -0.39 is 34.5 Å². The van der Waals surface area contributed by atoms with Crippen molar-refractivity contribution in [2.45, 2.75) is 41.5 Å². The number of carbonyl (C=O) groups excluding carboxylic acids is 2. The normalized spacial score (nSPS) is 16.9. The van der Waals surface area contributed by atoms with Gasteiger partial charge in [-0.15, -0.1) is 11.8 Å². The lowest BCUT2D eigenvalue weighted by Crippen LogP contribution is -2.49. The molecule has 1 amide bonds. The Labute approximate surface area is 193 Å². The second-order valence-electron chi connectivity index (χ2n) is 7.41. The first-order valence-corrected chi connectivity index (χ1v) is 13.1. The van der Waals surface area contributed by atoms with Crippen molar-refractivity contribution in [1.82, 2.24) is 9.62 Å². The number of thioether (sulfide) groups is 1. The van der Waals surface area contributed by atoms with Crippen molar-refractivity contribution in [3.8, 4) is 0 Å². The Kier molecular flexibility index (Phi) is 9.13. The number of esters is 1. The Hall–Kier alpha value is -2.36. The molecular formula is C23H28N2O5S2. The molecular weight excluding hydrogens is 448 g/mol. The molecule has 2 aromatic carbocycles. The molecule has 1 saturated heterocycles. The minimum atomic E-state index is -3.81. The van der Waals surface area contributed by atoms with Gasteiger partial charge >= 0.3 is 5.97 Å².